The first-order valence-electron chi connectivity index (χ1n) is 6.40. The first-order valence-corrected chi connectivity index (χ1v) is 6.40. The number of halogens is 1. The van der Waals surface area contributed by atoms with Crippen LogP contribution in [0.5, 0.6) is 5.75 Å². The van der Waals surface area contributed by atoms with Crippen LogP contribution in [0.3, 0.4) is 0 Å². The van der Waals surface area contributed by atoms with E-state index in [1.165, 1.54) is 18.9 Å². The summed E-state index contributed by atoms with van der Waals surface area (Å²) in [6, 6.07) is 4.85. The van der Waals surface area contributed by atoms with E-state index < -0.39 is 0 Å². The largest absolute Gasteiger partial charge is 0.493 e. The van der Waals surface area contributed by atoms with Gasteiger partial charge in [0.2, 0.25) is 0 Å². The van der Waals surface area contributed by atoms with Crippen LogP contribution in [-0.2, 0) is 0 Å². The molecule has 2 N–H and O–H groups in total. The summed E-state index contributed by atoms with van der Waals surface area (Å²) in [5.41, 5.74) is 6.66. The Morgan fingerprint density at radius 2 is 2.18 bits per heavy atom. The fraction of sp³-hybridized carbons (Fsp3) is 0.571. The summed E-state index contributed by atoms with van der Waals surface area (Å²) in [6.45, 7) is 1.46. The molecule has 0 heterocycles. The molecule has 3 rings (SSSR count). The van der Waals surface area contributed by atoms with Crippen molar-refractivity contribution in [2.24, 2.45) is 17.6 Å². The molecule has 0 saturated heterocycles. The van der Waals surface area contributed by atoms with Crippen LogP contribution in [0, 0.1) is 17.7 Å². The van der Waals surface area contributed by atoms with Gasteiger partial charge in [0.25, 0.3) is 0 Å². The predicted molar refractivity (Wildman–Crippen MR) is 64.5 cm³/mol. The number of hydrogen-bond acceptors (Lipinski definition) is 2. The molecular weight excluding hydrogens is 217 g/mol. The van der Waals surface area contributed by atoms with Crippen LogP contribution in [0.15, 0.2) is 18.2 Å². The van der Waals surface area contributed by atoms with Gasteiger partial charge in [0.05, 0.1) is 6.61 Å². The molecule has 3 heteroatoms. The zero-order valence-corrected chi connectivity index (χ0v) is 9.86. The van der Waals surface area contributed by atoms with Crippen molar-refractivity contribution in [1.29, 1.82) is 0 Å². The quantitative estimate of drug-likeness (QED) is 0.851. The normalized spacial score (nSPS) is 26.9. The fourth-order valence-electron chi connectivity index (χ4n) is 2.32. The molecule has 2 aliphatic carbocycles. The van der Waals surface area contributed by atoms with Gasteiger partial charge in [-0.1, -0.05) is 0 Å². The van der Waals surface area contributed by atoms with E-state index in [1.54, 1.807) is 12.1 Å². The zero-order chi connectivity index (χ0) is 11.8. The average Bonchev–Trinajstić information content (AvgIpc) is 3.21. The average molecular weight is 235 g/mol. The molecule has 0 aromatic heterocycles. The lowest BCUT2D eigenvalue weighted by molar-refractivity contribution is 0.296. The molecule has 2 aliphatic rings. The molecule has 0 amide bonds. The summed E-state index contributed by atoms with van der Waals surface area (Å²) in [5.74, 6) is 2.32. The van der Waals surface area contributed by atoms with Gasteiger partial charge in [0.1, 0.15) is 11.6 Å². The summed E-state index contributed by atoms with van der Waals surface area (Å²) in [5, 5.41) is 0. The van der Waals surface area contributed by atoms with Gasteiger partial charge >= 0.3 is 0 Å². The van der Waals surface area contributed by atoms with E-state index in [4.69, 9.17) is 10.5 Å². The maximum atomic E-state index is 13.3. The Morgan fingerprint density at radius 1 is 1.35 bits per heavy atom. The smallest absolute Gasteiger partial charge is 0.123 e. The van der Waals surface area contributed by atoms with Gasteiger partial charge in [-0.2, -0.15) is 0 Å². The number of rotatable bonds is 5. The van der Waals surface area contributed by atoms with Gasteiger partial charge in [0.15, 0.2) is 0 Å². The second-order valence-corrected chi connectivity index (χ2v) is 5.27. The highest BCUT2D eigenvalue weighted by Gasteiger charge is 2.39. The van der Waals surface area contributed by atoms with Crippen LogP contribution in [0.1, 0.15) is 30.7 Å². The van der Waals surface area contributed by atoms with Gasteiger partial charge in [-0.25, -0.2) is 4.39 Å². The summed E-state index contributed by atoms with van der Waals surface area (Å²) < 4.78 is 19.1. The summed E-state index contributed by atoms with van der Waals surface area (Å²) in [4.78, 5) is 0. The molecule has 2 nitrogen and oxygen atoms in total. The monoisotopic (exact) mass is 235 g/mol. The van der Waals surface area contributed by atoms with Crippen molar-refractivity contribution in [2.75, 3.05) is 13.2 Å². The molecular formula is C14H18FNO. The molecule has 1 aromatic rings. The topological polar surface area (TPSA) is 35.2 Å². The molecule has 1 aromatic carbocycles. The Balaban J connectivity index is 1.75. The molecule has 17 heavy (non-hydrogen) atoms. The van der Waals surface area contributed by atoms with Crippen molar-refractivity contribution < 1.29 is 9.13 Å². The minimum atomic E-state index is -0.179. The van der Waals surface area contributed by atoms with E-state index in [0.717, 1.165) is 30.3 Å². The Labute approximate surface area is 101 Å². The third-order valence-electron chi connectivity index (χ3n) is 3.77. The number of hydrogen-bond donors (Lipinski definition) is 1. The van der Waals surface area contributed by atoms with Crippen molar-refractivity contribution in [3.63, 3.8) is 0 Å². The molecule has 2 saturated carbocycles. The van der Waals surface area contributed by atoms with Gasteiger partial charge in [-0.05, 0) is 61.8 Å². The fourth-order valence-corrected chi connectivity index (χ4v) is 2.32. The molecule has 0 aliphatic heterocycles. The molecule has 2 atom stereocenters. The minimum absolute atomic E-state index is 0.179. The third kappa shape index (κ3) is 2.44. The van der Waals surface area contributed by atoms with Crippen LogP contribution in [0.4, 0.5) is 4.39 Å². The summed E-state index contributed by atoms with van der Waals surface area (Å²) >= 11 is 0. The molecule has 0 radical (unpaired) electrons. The van der Waals surface area contributed by atoms with E-state index in [1.807, 2.05) is 0 Å². The third-order valence-corrected chi connectivity index (χ3v) is 3.77. The maximum absolute atomic E-state index is 13.3. The number of ether oxygens (including phenoxy) is 1. The van der Waals surface area contributed by atoms with Crippen LogP contribution in [0.25, 0.3) is 0 Å². The zero-order valence-electron chi connectivity index (χ0n) is 9.86. The first kappa shape index (κ1) is 11.0. The Morgan fingerprint density at radius 3 is 2.82 bits per heavy atom. The lowest BCUT2D eigenvalue weighted by atomic mass is 10.1. The van der Waals surface area contributed by atoms with E-state index in [2.05, 4.69) is 0 Å². The second-order valence-electron chi connectivity index (χ2n) is 5.27. The van der Waals surface area contributed by atoms with Crippen LogP contribution in [-0.4, -0.2) is 13.2 Å². The van der Waals surface area contributed by atoms with Gasteiger partial charge in [0, 0.05) is 5.56 Å². The lowest BCUT2D eigenvalue weighted by Crippen LogP contribution is -2.05. The van der Waals surface area contributed by atoms with Gasteiger partial charge < -0.3 is 10.5 Å². The number of benzene rings is 1. The highest BCUT2D eigenvalue weighted by atomic mass is 19.1. The highest BCUT2D eigenvalue weighted by Crippen LogP contribution is 2.50. The van der Waals surface area contributed by atoms with Crippen molar-refractivity contribution in [2.45, 2.75) is 25.2 Å². The Bertz CT molecular complexity index is 417. The lowest BCUT2D eigenvalue weighted by Gasteiger charge is -2.11. The molecule has 2 fully saturated rings. The minimum Gasteiger partial charge on any atom is -0.493 e. The standard InChI is InChI=1S/C14H18FNO/c15-11-3-4-14(17-8-9-1-2-9)13(6-11)12-5-10(12)7-16/h3-4,6,9-10,12H,1-2,5,7-8,16H2. The Hall–Kier alpha value is -1.09. The predicted octanol–water partition coefficient (Wildman–Crippen LogP) is 2.68. The van der Waals surface area contributed by atoms with Gasteiger partial charge in [-0.15, -0.1) is 0 Å². The summed E-state index contributed by atoms with van der Waals surface area (Å²) in [6.07, 6.45) is 3.61. The SMILES string of the molecule is NCC1CC1c1cc(F)ccc1OCC1CC1. The van der Waals surface area contributed by atoms with Crippen LogP contribution < -0.4 is 10.5 Å². The van der Waals surface area contributed by atoms with E-state index in [9.17, 15) is 4.39 Å². The van der Waals surface area contributed by atoms with Crippen molar-refractivity contribution in [1.82, 2.24) is 0 Å². The highest BCUT2D eigenvalue weighted by molar-refractivity contribution is 5.40. The van der Waals surface area contributed by atoms with Gasteiger partial charge in [-0.3, -0.25) is 0 Å². The molecule has 0 spiro atoms. The van der Waals surface area contributed by atoms with E-state index in [-0.39, 0.29) is 5.82 Å². The number of nitrogens with two attached hydrogens (primary N) is 1. The second kappa shape index (κ2) is 4.30. The van der Waals surface area contributed by atoms with E-state index >= 15 is 0 Å². The van der Waals surface area contributed by atoms with Crippen molar-refractivity contribution in [3.05, 3.63) is 29.6 Å². The Kier molecular flexibility index (Phi) is 2.79. The first-order chi connectivity index (χ1) is 8.28. The van der Waals surface area contributed by atoms with Crippen molar-refractivity contribution in [3.8, 4) is 5.75 Å². The molecule has 2 unspecified atom stereocenters. The van der Waals surface area contributed by atoms with Crippen molar-refractivity contribution >= 4 is 0 Å². The van der Waals surface area contributed by atoms with Crippen LogP contribution >= 0.6 is 0 Å². The summed E-state index contributed by atoms with van der Waals surface area (Å²) in [7, 11) is 0. The maximum Gasteiger partial charge on any atom is 0.123 e. The van der Waals surface area contributed by atoms with E-state index in [0.29, 0.717) is 18.4 Å². The molecule has 92 valence electrons. The van der Waals surface area contributed by atoms with Crippen LogP contribution in [0.2, 0.25) is 0 Å². The molecule has 0 bridgehead atoms.